The van der Waals surface area contributed by atoms with Crippen LogP contribution in [0.2, 0.25) is 0 Å². The highest BCUT2D eigenvalue weighted by atomic mass is 79.9. The number of halogens is 3. The van der Waals surface area contributed by atoms with Gasteiger partial charge in [-0.3, -0.25) is 0 Å². The van der Waals surface area contributed by atoms with E-state index < -0.39 is 11.6 Å². The Hall–Kier alpha value is -0.680. The second kappa shape index (κ2) is 6.39. The fourth-order valence-corrected chi connectivity index (χ4v) is 3.06. The predicted octanol–water partition coefficient (Wildman–Crippen LogP) is 3.94. The molecule has 0 bridgehead atoms. The van der Waals surface area contributed by atoms with Crippen LogP contribution in [0.5, 0.6) is 0 Å². The molecule has 1 fully saturated rings. The monoisotopic (exact) mass is 346 g/mol. The maximum Gasteiger partial charge on any atom is 0.149 e. The summed E-state index contributed by atoms with van der Waals surface area (Å²) < 4.78 is 27.7. The first-order valence-electron chi connectivity index (χ1n) is 7.03. The zero-order valence-corrected chi connectivity index (χ0v) is 13.7. The maximum atomic E-state index is 14.1. The summed E-state index contributed by atoms with van der Waals surface area (Å²) in [5.41, 5.74) is 0.473. The molecule has 0 saturated carbocycles. The number of hydrogen-bond acceptors (Lipinski definition) is 2. The summed E-state index contributed by atoms with van der Waals surface area (Å²) in [5, 5.41) is 3.50. The second-order valence-corrected chi connectivity index (χ2v) is 6.81. The smallest absolute Gasteiger partial charge is 0.149 e. The molecule has 1 aromatic carbocycles. The van der Waals surface area contributed by atoms with Crippen LogP contribution in [0.1, 0.15) is 27.2 Å². The van der Waals surface area contributed by atoms with E-state index in [1.54, 1.807) is 6.07 Å². The zero-order chi connectivity index (χ0) is 14.9. The van der Waals surface area contributed by atoms with Crippen LogP contribution in [-0.2, 0) is 0 Å². The van der Waals surface area contributed by atoms with Crippen LogP contribution in [0.3, 0.4) is 0 Å². The van der Waals surface area contributed by atoms with Gasteiger partial charge in [0.2, 0.25) is 0 Å². The van der Waals surface area contributed by atoms with E-state index in [0.717, 1.165) is 25.6 Å². The van der Waals surface area contributed by atoms with E-state index in [-0.39, 0.29) is 6.04 Å². The Kier molecular flexibility index (Phi) is 5.02. The molecule has 2 atom stereocenters. The van der Waals surface area contributed by atoms with Crippen LogP contribution in [0.4, 0.5) is 14.5 Å². The van der Waals surface area contributed by atoms with Crippen molar-refractivity contribution in [3.8, 4) is 0 Å². The molecule has 1 heterocycles. The second-order valence-electron chi connectivity index (χ2n) is 5.95. The van der Waals surface area contributed by atoms with E-state index in [1.165, 1.54) is 0 Å². The van der Waals surface area contributed by atoms with Crippen molar-refractivity contribution in [3.05, 3.63) is 28.2 Å². The molecule has 1 aromatic rings. The van der Waals surface area contributed by atoms with Crippen molar-refractivity contribution >= 4 is 21.6 Å². The van der Waals surface area contributed by atoms with Gasteiger partial charge < -0.3 is 10.2 Å². The summed E-state index contributed by atoms with van der Waals surface area (Å²) in [6.45, 7) is 7.97. The van der Waals surface area contributed by atoms with Gasteiger partial charge in [-0.25, -0.2) is 8.78 Å². The average molecular weight is 347 g/mol. The third-order valence-electron chi connectivity index (χ3n) is 3.71. The summed E-state index contributed by atoms with van der Waals surface area (Å²) in [5.74, 6) is -0.469. The normalized spacial score (nSPS) is 23.4. The van der Waals surface area contributed by atoms with E-state index in [4.69, 9.17) is 0 Å². The lowest BCUT2D eigenvalue weighted by Gasteiger charge is -2.41. The van der Waals surface area contributed by atoms with Crippen molar-refractivity contribution in [2.24, 2.45) is 5.92 Å². The number of anilines is 1. The van der Waals surface area contributed by atoms with Gasteiger partial charge >= 0.3 is 0 Å². The third kappa shape index (κ3) is 3.50. The Morgan fingerprint density at radius 2 is 2.05 bits per heavy atom. The summed E-state index contributed by atoms with van der Waals surface area (Å²) in [6, 6.07) is 3.02. The molecule has 0 radical (unpaired) electrons. The van der Waals surface area contributed by atoms with Gasteiger partial charge in [-0.05, 0) is 41.3 Å². The molecule has 2 rings (SSSR count). The van der Waals surface area contributed by atoms with Crippen LogP contribution < -0.4 is 10.2 Å². The van der Waals surface area contributed by atoms with Crippen LogP contribution in [0, 0.1) is 17.6 Å². The minimum Gasteiger partial charge on any atom is -0.364 e. The molecule has 1 aliphatic heterocycles. The number of nitrogens with zero attached hydrogens (tertiary/aromatic N) is 1. The van der Waals surface area contributed by atoms with Crippen molar-refractivity contribution in [1.29, 1.82) is 0 Å². The molecule has 5 heteroatoms. The Morgan fingerprint density at radius 1 is 1.35 bits per heavy atom. The summed E-state index contributed by atoms with van der Waals surface area (Å²) >= 11 is 3.14. The first-order chi connectivity index (χ1) is 9.38. The maximum absolute atomic E-state index is 14.1. The van der Waals surface area contributed by atoms with E-state index in [0.29, 0.717) is 22.1 Å². The first kappa shape index (κ1) is 15.7. The van der Waals surface area contributed by atoms with E-state index in [2.05, 4.69) is 42.0 Å². The van der Waals surface area contributed by atoms with E-state index in [1.807, 2.05) is 4.90 Å². The molecular weight excluding hydrogens is 326 g/mol. The van der Waals surface area contributed by atoms with Crippen molar-refractivity contribution in [3.63, 3.8) is 0 Å². The molecular formula is C15H21BrF2N2. The summed E-state index contributed by atoms with van der Waals surface area (Å²) in [4.78, 5) is 2.03. The minimum atomic E-state index is -0.562. The molecule has 112 valence electrons. The fourth-order valence-electron chi connectivity index (χ4n) is 2.72. The fraction of sp³-hybridized carbons (Fsp3) is 0.600. The SMILES string of the molecule is CC(C)CC1CN(c2cc(Br)c(F)cc2F)C(C)CN1. The third-order valence-corrected chi connectivity index (χ3v) is 4.31. The summed E-state index contributed by atoms with van der Waals surface area (Å²) in [7, 11) is 0. The van der Waals surface area contributed by atoms with Crippen molar-refractivity contribution in [2.75, 3.05) is 18.0 Å². The standard InChI is InChI=1S/C15H21BrF2N2/c1-9(2)4-11-8-20(10(3)7-19-11)15-5-12(16)13(17)6-14(15)18/h5-6,9-11,19H,4,7-8H2,1-3H3. The molecule has 1 aliphatic rings. The molecule has 0 aliphatic carbocycles. The van der Waals surface area contributed by atoms with E-state index in [9.17, 15) is 8.78 Å². The number of nitrogens with one attached hydrogen (secondary N) is 1. The van der Waals surface area contributed by atoms with Gasteiger partial charge in [0.1, 0.15) is 11.6 Å². The molecule has 0 spiro atoms. The first-order valence-corrected chi connectivity index (χ1v) is 7.82. The van der Waals surface area contributed by atoms with Crippen LogP contribution >= 0.6 is 15.9 Å². The molecule has 0 amide bonds. The lowest BCUT2D eigenvalue weighted by Crippen LogP contribution is -2.56. The van der Waals surface area contributed by atoms with Gasteiger partial charge in [-0.1, -0.05) is 13.8 Å². The highest BCUT2D eigenvalue weighted by Gasteiger charge is 2.27. The highest BCUT2D eigenvalue weighted by Crippen LogP contribution is 2.29. The van der Waals surface area contributed by atoms with Gasteiger partial charge in [0.25, 0.3) is 0 Å². The number of benzene rings is 1. The Morgan fingerprint density at radius 3 is 2.70 bits per heavy atom. The van der Waals surface area contributed by atoms with Gasteiger partial charge in [-0.15, -0.1) is 0 Å². The summed E-state index contributed by atoms with van der Waals surface area (Å²) in [6.07, 6.45) is 1.05. The van der Waals surface area contributed by atoms with Crippen molar-refractivity contribution in [2.45, 2.75) is 39.3 Å². The molecule has 20 heavy (non-hydrogen) atoms. The van der Waals surface area contributed by atoms with Crippen LogP contribution in [0.15, 0.2) is 16.6 Å². The zero-order valence-electron chi connectivity index (χ0n) is 12.1. The molecule has 0 aromatic heterocycles. The molecule has 1 saturated heterocycles. The van der Waals surface area contributed by atoms with Crippen LogP contribution in [0.25, 0.3) is 0 Å². The van der Waals surface area contributed by atoms with Crippen LogP contribution in [-0.4, -0.2) is 25.2 Å². The quantitative estimate of drug-likeness (QED) is 0.834. The Bertz CT molecular complexity index is 479. The molecule has 2 unspecified atom stereocenters. The van der Waals surface area contributed by atoms with Crippen molar-refractivity contribution in [1.82, 2.24) is 5.32 Å². The predicted molar refractivity (Wildman–Crippen MR) is 82.1 cm³/mol. The van der Waals surface area contributed by atoms with Gasteiger partial charge in [0.15, 0.2) is 0 Å². The van der Waals surface area contributed by atoms with E-state index >= 15 is 0 Å². The van der Waals surface area contributed by atoms with Gasteiger partial charge in [-0.2, -0.15) is 0 Å². The topological polar surface area (TPSA) is 15.3 Å². The minimum absolute atomic E-state index is 0.185. The Labute approximate surface area is 127 Å². The average Bonchev–Trinajstić information content (AvgIpc) is 2.36. The highest BCUT2D eigenvalue weighted by molar-refractivity contribution is 9.10. The van der Waals surface area contributed by atoms with Crippen molar-refractivity contribution < 1.29 is 8.78 Å². The lowest BCUT2D eigenvalue weighted by atomic mass is 9.99. The van der Waals surface area contributed by atoms with Gasteiger partial charge in [0.05, 0.1) is 10.2 Å². The number of piperazine rings is 1. The Balaban J connectivity index is 2.23. The number of rotatable bonds is 3. The van der Waals surface area contributed by atoms with Gasteiger partial charge in [0, 0.05) is 31.2 Å². The molecule has 1 N–H and O–H groups in total. The lowest BCUT2D eigenvalue weighted by molar-refractivity contribution is 0.353. The molecule has 2 nitrogen and oxygen atoms in total. The number of hydrogen-bond donors (Lipinski definition) is 1. The largest absolute Gasteiger partial charge is 0.364 e.